The van der Waals surface area contributed by atoms with Crippen LogP contribution in [-0.2, 0) is 23.7 Å². The zero-order valence-corrected chi connectivity index (χ0v) is 56.5. The molecule has 12 atom stereocenters. The topological polar surface area (TPSA) is 228 Å². The van der Waals surface area contributed by atoms with E-state index in [0.717, 1.165) is 44.9 Å². The van der Waals surface area contributed by atoms with E-state index in [0.29, 0.717) is 6.42 Å². The second kappa shape index (κ2) is 59.0. The van der Waals surface area contributed by atoms with Gasteiger partial charge in [-0.2, -0.15) is 0 Å². The van der Waals surface area contributed by atoms with Crippen molar-refractivity contribution in [2.45, 2.75) is 408 Å². The second-order valence-corrected chi connectivity index (χ2v) is 26.4. The lowest BCUT2D eigenvalue weighted by atomic mass is 9.97. The van der Waals surface area contributed by atoms with E-state index in [1.165, 1.54) is 263 Å². The molecule has 9 N–H and O–H groups in total. The molecule has 12 unspecified atom stereocenters. The summed E-state index contributed by atoms with van der Waals surface area (Å²) in [6.45, 7) is 2.84. The number of carbonyl (C=O) groups excluding carboxylic acids is 1. The number of nitrogens with one attached hydrogen (secondary N) is 1. The molecule has 0 saturated carbocycles. The molecule has 2 heterocycles. The Morgan fingerprint density at radius 1 is 0.409 bits per heavy atom. The van der Waals surface area contributed by atoms with E-state index < -0.39 is 86.8 Å². The molecule has 0 spiro atoms. The first-order valence-electron chi connectivity index (χ1n) is 37.2. The summed E-state index contributed by atoms with van der Waals surface area (Å²) >= 11 is 0. The molecule has 1 amide bonds. The molecule has 0 bridgehead atoms. The normalized spacial score (nSPS) is 23.3. The van der Waals surface area contributed by atoms with Crippen molar-refractivity contribution in [1.29, 1.82) is 0 Å². The lowest BCUT2D eigenvalue weighted by Crippen LogP contribution is -2.65. The van der Waals surface area contributed by atoms with Crippen LogP contribution in [0.25, 0.3) is 0 Å². The summed E-state index contributed by atoms with van der Waals surface area (Å²) in [5.74, 6) is -0.234. The zero-order valence-electron chi connectivity index (χ0n) is 56.5. The molecule has 88 heavy (non-hydrogen) atoms. The van der Waals surface area contributed by atoms with Crippen LogP contribution in [0.5, 0.6) is 0 Å². The minimum atomic E-state index is -1.79. The number of allylic oxidation sites excluding steroid dienone is 5. The van der Waals surface area contributed by atoms with Gasteiger partial charge in [0.15, 0.2) is 12.6 Å². The molecule has 518 valence electrons. The quantitative estimate of drug-likeness (QED) is 0.0204. The molecule has 0 radical (unpaired) electrons. The molecule has 14 nitrogen and oxygen atoms in total. The van der Waals surface area contributed by atoms with Gasteiger partial charge in [-0.3, -0.25) is 4.79 Å². The number of hydrogen-bond donors (Lipinski definition) is 9. The van der Waals surface area contributed by atoms with E-state index in [1.807, 2.05) is 6.08 Å². The Morgan fingerprint density at radius 2 is 0.750 bits per heavy atom. The fraction of sp³-hybridized carbons (Fsp3) is 0.905. The number of aliphatic hydroxyl groups excluding tert-OH is 8. The van der Waals surface area contributed by atoms with Crippen LogP contribution in [0.15, 0.2) is 36.5 Å². The predicted molar refractivity (Wildman–Crippen MR) is 360 cm³/mol. The molecule has 2 rings (SSSR count). The van der Waals surface area contributed by atoms with Crippen molar-refractivity contribution >= 4 is 5.91 Å². The van der Waals surface area contributed by atoms with Crippen molar-refractivity contribution in [1.82, 2.24) is 5.32 Å². The Labute approximate surface area is 538 Å². The van der Waals surface area contributed by atoms with E-state index in [1.54, 1.807) is 6.08 Å². The number of hydrogen-bond acceptors (Lipinski definition) is 13. The summed E-state index contributed by atoms with van der Waals surface area (Å²) in [4.78, 5) is 13.4. The van der Waals surface area contributed by atoms with Gasteiger partial charge in [0.2, 0.25) is 5.91 Å². The number of aliphatic hydroxyl groups is 8. The highest BCUT2D eigenvalue weighted by atomic mass is 16.7. The van der Waals surface area contributed by atoms with Gasteiger partial charge in [0.05, 0.1) is 32.0 Å². The second-order valence-electron chi connectivity index (χ2n) is 26.4. The first-order valence-corrected chi connectivity index (χ1v) is 37.2. The maximum absolute atomic E-state index is 13.4. The highest BCUT2D eigenvalue weighted by Crippen LogP contribution is 2.30. The van der Waals surface area contributed by atoms with Crippen LogP contribution in [0.2, 0.25) is 0 Å². The van der Waals surface area contributed by atoms with Gasteiger partial charge in [0, 0.05) is 6.42 Å². The molecular weight excluding hydrogens is 1110 g/mol. The number of unbranched alkanes of at least 4 members (excludes halogenated alkanes) is 45. The maximum atomic E-state index is 13.4. The van der Waals surface area contributed by atoms with Crippen LogP contribution >= 0.6 is 0 Å². The van der Waals surface area contributed by atoms with Crippen molar-refractivity contribution in [3.05, 3.63) is 36.5 Å². The average molecular weight is 1250 g/mol. The summed E-state index contributed by atoms with van der Waals surface area (Å²) < 4.78 is 22.9. The van der Waals surface area contributed by atoms with Gasteiger partial charge >= 0.3 is 0 Å². The summed E-state index contributed by atoms with van der Waals surface area (Å²) in [5, 5.41) is 87.6. The van der Waals surface area contributed by atoms with Crippen molar-refractivity contribution in [3.63, 3.8) is 0 Å². The number of ether oxygens (including phenoxy) is 4. The largest absolute Gasteiger partial charge is 0.394 e. The van der Waals surface area contributed by atoms with E-state index >= 15 is 0 Å². The van der Waals surface area contributed by atoms with E-state index in [9.17, 15) is 45.6 Å². The molecule has 2 aliphatic rings. The Hall–Kier alpha value is -1.79. The smallest absolute Gasteiger partial charge is 0.220 e. The summed E-state index contributed by atoms with van der Waals surface area (Å²) in [6, 6.07) is -0.916. The Morgan fingerprint density at radius 3 is 1.14 bits per heavy atom. The zero-order chi connectivity index (χ0) is 63.8. The van der Waals surface area contributed by atoms with Gasteiger partial charge in [-0.15, -0.1) is 0 Å². The van der Waals surface area contributed by atoms with Crippen LogP contribution in [0.3, 0.4) is 0 Å². The van der Waals surface area contributed by atoms with Crippen LogP contribution < -0.4 is 5.32 Å². The fourth-order valence-electron chi connectivity index (χ4n) is 12.4. The van der Waals surface area contributed by atoms with Gasteiger partial charge in [0.1, 0.15) is 48.8 Å². The minimum absolute atomic E-state index is 0.234. The highest BCUT2D eigenvalue weighted by Gasteiger charge is 2.51. The Kier molecular flexibility index (Phi) is 55.2. The van der Waals surface area contributed by atoms with E-state index in [4.69, 9.17) is 18.9 Å². The lowest BCUT2D eigenvalue weighted by Gasteiger charge is -2.46. The van der Waals surface area contributed by atoms with Gasteiger partial charge in [-0.25, -0.2) is 0 Å². The minimum Gasteiger partial charge on any atom is -0.394 e. The number of amides is 1. The Bertz CT molecular complexity index is 1620. The van der Waals surface area contributed by atoms with Crippen LogP contribution in [0.4, 0.5) is 0 Å². The molecule has 2 fully saturated rings. The summed E-state index contributed by atoms with van der Waals surface area (Å²) in [5.41, 5.74) is 0. The molecule has 0 aromatic heterocycles. The highest BCUT2D eigenvalue weighted by molar-refractivity contribution is 5.76. The maximum Gasteiger partial charge on any atom is 0.220 e. The van der Waals surface area contributed by atoms with Crippen LogP contribution in [0.1, 0.15) is 335 Å². The first-order chi connectivity index (χ1) is 43.1. The molecule has 0 aromatic carbocycles. The van der Waals surface area contributed by atoms with Crippen molar-refractivity contribution in [2.75, 3.05) is 19.8 Å². The first kappa shape index (κ1) is 82.3. The van der Waals surface area contributed by atoms with Gasteiger partial charge in [-0.1, -0.05) is 314 Å². The van der Waals surface area contributed by atoms with Crippen molar-refractivity contribution in [2.24, 2.45) is 0 Å². The standard InChI is InChI=1S/C74H139NO13/c1-3-5-7-9-11-13-15-17-19-21-23-25-27-29-31-33-35-37-39-41-43-45-47-49-51-53-55-57-63(78)62(61-85-73-71(84)69(82)72(65(60-77)87-73)88-74-70(83)68(81)67(80)64(59-76)86-74)75-66(79)58-56-54-52-50-48-46-44-42-40-38-36-34-32-30-28-26-24-22-20-18-16-14-12-10-8-6-4-2/h16,18,22,24,55,57,62-65,67-74,76-78,80-84H,3-15,17,19-21,23,25-54,56,58-61H2,1-2H3,(H,75,79)/b18-16-,24-22-,57-55+. The molecule has 2 aliphatic heterocycles. The van der Waals surface area contributed by atoms with Crippen molar-refractivity contribution in [3.8, 4) is 0 Å². The van der Waals surface area contributed by atoms with Crippen LogP contribution in [-0.4, -0.2) is 140 Å². The fourth-order valence-corrected chi connectivity index (χ4v) is 12.4. The van der Waals surface area contributed by atoms with Gasteiger partial charge in [0.25, 0.3) is 0 Å². The SMILES string of the molecule is CCCCCCC/C=C\C/C=C\CCCCCCCCCCCCCCCCCC(=O)NC(COC1OC(CO)C(OC2OC(CO)C(O)C(O)C2O)C(O)C1O)C(O)/C=C/CCCCCCCCCCCCCCCCCCCCCCCCCCC. The molecule has 2 saturated heterocycles. The van der Waals surface area contributed by atoms with Gasteiger partial charge < -0.3 is 65.1 Å². The molecule has 14 heteroatoms. The monoisotopic (exact) mass is 1250 g/mol. The number of rotatable bonds is 62. The summed E-state index contributed by atoms with van der Waals surface area (Å²) in [7, 11) is 0. The van der Waals surface area contributed by atoms with E-state index in [2.05, 4.69) is 43.5 Å². The molecule has 0 aromatic rings. The van der Waals surface area contributed by atoms with Crippen molar-refractivity contribution < 1.29 is 64.6 Å². The van der Waals surface area contributed by atoms with Crippen LogP contribution in [0, 0.1) is 0 Å². The number of carbonyl (C=O) groups is 1. The molecular formula is C74H139NO13. The van der Waals surface area contributed by atoms with Gasteiger partial charge in [-0.05, 0) is 51.4 Å². The predicted octanol–water partition coefficient (Wildman–Crippen LogP) is 15.7. The lowest BCUT2D eigenvalue weighted by molar-refractivity contribution is -0.359. The average Bonchev–Trinajstić information content (AvgIpc) is 1.93. The summed E-state index contributed by atoms with van der Waals surface area (Å²) in [6.07, 6.45) is 59.2. The Balaban J connectivity index is 1.66. The molecule has 0 aliphatic carbocycles. The third-order valence-electron chi connectivity index (χ3n) is 18.3. The third kappa shape index (κ3) is 42.4. The van der Waals surface area contributed by atoms with E-state index in [-0.39, 0.29) is 18.9 Å². The third-order valence-corrected chi connectivity index (χ3v) is 18.3.